The van der Waals surface area contributed by atoms with Crippen LogP contribution < -0.4 is 5.43 Å². The van der Waals surface area contributed by atoms with Gasteiger partial charge in [0, 0.05) is 22.5 Å². The lowest BCUT2D eigenvalue weighted by molar-refractivity contribution is 0.589. The number of aromatic nitrogens is 1. The Morgan fingerprint density at radius 2 is 1.13 bits per heavy atom. The van der Waals surface area contributed by atoms with Crippen LogP contribution in [0.2, 0.25) is 0 Å². The zero-order chi connectivity index (χ0) is 32.1. The molecule has 0 unspecified atom stereocenters. The third-order valence-corrected chi connectivity index (χ3v) is 9.06. The topological polar surface area (TPSA) is 35.1 Å². The standard InChI is InChI=1S/C43H37NO2/c1-7-33-39(8-2)46-40-25-32(19-20-34(40)43(33)45)44-41-35(26(3)4)21-30(28-15-11-9-12-16-28)23-37(41)38-24-31(29-17-13-10-14-18-29)22-36(27(5)6)42(38)44/h7-27H,1-2H2,3-6H3. The molecule has 0 aliphatic carbocycles. The quantitative estimate of drug-likeness (QED) is 0.183. The normalized spacial score (nSPS) is 11.7. The van der Waals surface area contributed by atoms with E-state index in [1.807, 2.05) is 18.2 Å². The zero-order valence-electron chi connectivity index (χ0n) is 26.8. The van der Waals surface area contributed by atoms with Crippen molar-refractivity contribution in [2.45, 2.75) is 39.5 Å². The first-order valence-electron chi connectivity index (χ1n) is 15.9. The molecular formula is C43H37NO2. The lowest BCUT2D eigenvalue weighted by atomic mass is 9.92. The molecule has 2 heterocycles. The summed E-state index contributed by atoms with van der Waals surface area (Å²) in [5, 5.41) is 2.93. The fourth-order valence-corrected chi connectivity index (χ4v) is 6.77. The van der Waals surface area contributed by atoms with Gasteiger partial charge in [0.15, 0.2) is 0 Å². The van der Waals surface area contributed by atoms with E-state index in [1.54, 1.807) is 12.2 Å². The largest absolute Gasteiger partial charge is 0.456 e. The molecule has 5 aromatic carbocycles. The van der Waals surface area contributed by atoms with Crippen LogP contribution in [0, 0.1) is 0 Å². The van der Waals surface area contributed by atoms with Gasteiger partial charge in [-0.25, -0.2) is 0 Å². The predicted octanol–water partition coefficient (Wildman–Crippen LogP) is 11.8. The number of rotatable bonds is 7. The van der Waals surface area contributed by atoms with Crippen molar-refractivity contribution in [1.29, 1.82) is 0 Å². The first-order valence-corrected chi connectivity index (χ1v) is 15.9. The van der Waals surface area contributed by atoms with Crippen LogP contribution in [0.5, 0.6) is 0 Å². The van der Waals surface area contributed by atoms with Crippen LogP contribution in [0.25, 0.3) is 72.9 Å². The molecule has 0 spiro atoms. The van der Waals surface area contributed by atoms with Gasteiger partial charge in [0.2, 0.25) is 5.43 Å². The highest BCUT2D eigenvalue weighted by molar-refractivity contribution is 6.14. The molecule has 2 aromatic heterocycles. The fourth-order valence-electron chi connectivity index (χ4n) is 6.77. The summed E-state index contributed by atoms with van der Waals surface area (Å²) < 4.78 is 8.68. The molecule has 7 aromatic rings. The summed E-state index contributed by atoms with van der Waals surface area (Å²) in [5.41, 5.74) is 11.4. The second kappa shape index (κ2) is 11.5. The van der Waals surface area contributed by atoms with Crippen LogP contribution in [-0.2, 0) is 0 Å². The van der Waals surface area contributed by atoms with Crippen molar-refractivity contribution in [2.24, 2.45) is 0 Å². The van der Waals surface area contributed by atoms with Gasteiger partial charge in [-0.3, -0.25) is 4.79 Å². The van der Waals surface area contributed by atoms with Crippen molar-refractivity contribution >= 4 is 44.9 Å². The van der Waals surface area contributed by atoms with Crippen molar-refractivity contribution in [3.8, 4) is 27.9 Å². The minimum Gasteiger partial charge on any atom is -0.456 e. The Kier molecular flexibility index (Phi) is 7.33. The van der Waals surface area contributed by atoms with Crippen molar-refractivity contribution in [3.05, 3.63) is 149 Å². The van der Waals surface area contributed by atoms with Crippen LogP contribution in [0.4, 0.5) is 0 Å². The number of benzene rings is 5. The molecule has 0 aliphatic rings. The van der Waals surface area contributed by atoms with Crippen molar-refractivity contribution < 1.29 is 4.42 Å². The highest BCUT2D eigenvalue weighted by Gasteiger charge is 2.23. The monoisotopic (exact) mass is 599 g/mol. The van der Waals surface area contributed by atoms with E-state index < -0.39 is 0 Å². The van der Waals surface area contributed by atoms with Gasteiger partial charge in [0.05, 0.1) is 22.0 Å². The van der Waals surface area contributed by atoms with Crippen LogP contribution in [0.1, 0.15) is 62.0 Å². The Labute approximate surface area is 269 Å². The van der Waals surface area contributed by atoms with Gasteiger partial charge in [-0.15, -0.1) is 0 Å². The molecule has 0 N–H and O–H groups in total. The Hall–Kier alpha value is -5.41. The SMILES string of the molecule is C=Cc1oc2cc(-n3c4c(C(C)C)cc(-c5ccccc5)cc4c4cc(-c5ccccc5)cc(C(C)C)c43)ccc2c(=O)c1C=C. The van der Waals surface area contributed by atoms with E-state index in [-0.39, 0.29) is 17.3 Å². The van der Waals surface area contributed by atoms with E-state index >= 15 is 0 Å². The van der Waals surface area contributed by atoms with E-state index in [9.17, 15) is 4.79 Å². The average molecular weight is 600 g/mol. The highest BCUT2D eigenvalue weighted by atomic mass is 16.3. The molecule has 226 valence electrons. The van der Waals surface area contributed by atoms with Gasteiger partial charge in [0.1, 0.15) is 11.3 Å². The van der Waals surface area contributed by atoms with Gasteiger partial charge in [-0.1, -0.05) is 108 Å². The molecule has 0 saturated heterocycles. The summed E-state index contributed by atoms with van der Waals surface area (Å²) in [4.78, 5) is 13.4. The van der Waals surface area contributed by atoms with Gasteiger partial charge in [-0.2, -0.15) is 0 Å². The first kappa shape index (κ1) is 29.3. The first-order chi connectivity index (χ1) is 22.3. The van der Waals surface area contributed by atoms with E-state index in [2.05, 4.69) is 130 Å². The smallest absolute Gasteiger partial charge is 0.200 e. The molecule has 7 rings (SSSR count). The summed E-state index contributed by atoms with van der Waals surface area (Å²) in [6, 6.07) is 36.6. The highest BCUT2D eigenvalue weighted by Crippen LogP contribution is 2.44. The van der Waals surface area contributed by atoms with Crippen LogP contribution >= 0.6 is 0 Å². The maximum Gasteiger partial charge on any atom is 0.200 e. The molecular weight excluding hydrogens is 562 g/mol. The summed E-state index contributed by atoms with van der Waals surface area (Å²) in [5.74, 6) is 0.940. The van der Waals surface area contributed by atoms with Crippen LogP contribution in [0.3, 0.4) is 0 Å². The zero-order valence-corrected chi connectivity index (χ0v) is 26.8. The van der Waals surface area contributed by atoms with Gasteiger partial charge in [-0.05, 0) is 87.7 Å². The lowest BCUT2D eigenvalue weighted by Gasteiger charge is -2.18. The number of hydrogen-bond acceptors (Lipinski definition) is 2. The molecule has 3 heteroatoms. The molecule has 0 fully saturated rings. The van der Waals surface area contributed by atoms with Crippen molar-refractivity contribution in [1.82, 2.24) is 4.57 Å². The van der Waals surface area contributed by atoms with Gasteiger partial charge < -0.3 is 8.98 Å². The van der Waals surface area contributed by atoms with E-state index in [1.165, 1.54) is 55.2 Å². The average Bonchev–Trinajstić information content (AvgIpc) is 3.41. The minimum absolute atomic E-state index is 0.106. The third kappa shape index (κ3) is 4.71. The van der Waals surface area contributed by atoms with E-state index in [0.717, 1.165) is 5.69 Å². The Balaban J connectivity index is 1.67. The fraction of sp³-hybridized carbons (Fsp3) is 0.140. The summed E-state index contributed by atoms with van der Waals surface area (Å²) >= 11 is 0. The van der Waals surface area contributed by atoms with E-state index in [4.69, 9.17) is 4.42 Å². The van der Waals surface area contributed by atoms with Crippen molar-refractivity contribution in [2.75, 3.05) is 0 Å². The lowest BCUT2D eigenvalue weighted by Crippen LogP contribution is -2.08. The molecule has 0 saturated carbocycles. The molecule has 0 atom stereocenters. The summed E-state index contributed by atoms with van der Waals surface area (Å²) in [6.07, 6.45) is 3.12. The molecule has 0 aliphatic heterocycles. The molecule has 0 radical (unpaired) electrons. The minimum atomic E-state index is -0.106. The van der Waals surface area contributed by atoms with Crippen LogP contribution in [-0.4, -0.2) is 4.57 Å². The van der Waals surface area contributed by atoms with Crippen LogP contribution in [0.15, 0.2) is 125 Å². The Morgan fingerprint density at radius 3 is 1.59 bits per heavy atom. The van der Waals surface area contributed by atoms with Gasteiger partial charge >= 0.3 is 0 Å². The Morgan fingerprint density at radius 1 is 0.609 bits per heavy atom. The summed E-state index contributed by atoms with van der Waals surface area (Å²) in [6.45, 7) is 16.8. The molecule has 3 nitrogen and oxygen atoms in total. The Bertz CT molecular complexity index is 2240. The van der Waals surface area contributed by atoms with E-state index in [0.29, 0.717) is 22.3 Å². The molecule has 46 heavy (non-hydrogen) atoms. The maximum absolute atomic E-state index is 13.4. The number of nitrogens with zero attached hydrogens (tertiary/aromatic N) is 1. The maximum atomic E-state index is 13.4. The van der Waals surface area contributed by atoms with Crippen molar-refractivity contribution in [3.63, 3.8) is 0 Å². The summed E-state index contributed by atoms with van der Waals surface area (Å²) in [7, 11) is 0. The second-order valence-corrected chi connectivity index (χ2v) is 12.6. The second-order valence-electron chi connectivity index (χ2n) is 12.6. The molecule has 0 bridgehead atoms. The number of hydrogen-bond donors (Lipinski definition) is 0. The van der Waals surface area contributed by atoms with Gasteiger partial charge in [0.25, 0.3) is 0 Å². The predicted molar refractivity (Wildman–Crippen MR) is 196 cm³/mol. The third-order valence-electron chi connectivity index (χ3n) is 9.06. The number of fused-ring (bicyclic) bond motifs is 4. The molecule has 0 amide bonds.